The highest BCUT2D eigenvalue weighted by Gasteiger charge is 2.42. The summed E-state index contributed by atoms with van der Waals surface area (Å²) in [4.78, 5) is 27.3. The lowest BCUT2D eigenvalue weighted by Gasteiger charge is -2.37. The first-order valence-electron chi connectivity index (χ1n) is 12.4. The Morgan fingerprint density at radius 2 is 1.75 bits per heavy atom. The SMILES string of the molecule is COc1ccc([C@H]2CC(=O)C3=C(C2)NC(C)=C(C(=O)OC2CCCC2)[C@H]3c2ccc(Cl)cc2Cl)cc1. The molecule has 0 aromatic heterocycles. The zero-order valence-corrected chi connectivity index (χ0v) is 21.9. The quantitative estimate of drug-likeness (QED) is 0.432. The Morgan fingerprint density at radius 1 is 1.03 bits per heavy atom. The number of allylic oxidation sites excluding steroid dienone is 3. The van der Waals surface area contributed by atoms with E-state index in [4.69, 9.17) is 32.7 Å². The Balaban J connectivity index is 1.54. The van der Waals surface area contributed by atoms with Crippen molar-refractivity contribution in [2.24, 2.45) is 0 Å². The highest BCUT2D eigenvalue weighted by atomic mass is 35.5. The van der Waals surface area contributed by atoms with Crippen LogP contribution in [0.5, 0.6) is 5.75 Å². The molecule has 2 aliphatic carbocycles. The molecule has 0 bridgehead atoms. The van der Waals surface area contributed by atoms with Gasteiger partial charge in [0, 0.05) is 39.4 Å². The number of carbonyl (C=O) groups is 2. The maximum absolute atomic E-state index is 13.8. The zero-order valence-electron chi connectivity index (χ0n) is 20.4. The molecular formula is C29H29Cl2NO4. The van der Waals surface area contributed by atoms with Crippen LogP contribution in [0, 0.1) is 0 Å². The topological polar surface area (TPSA) is 64.6 Å². The van der Waals surface area contributed by atoms with Crippen molar-refractivity contribution in [2.75, 3.05) is 7.11 Å². The summed E-state index contributed by atoms with van der Waals surface area (Å²) in [5.74, 6) is -0.197. The molecule has 2 atom stereocenters. The predicted molar refractivity (Wildman–Crippen MR) is 140 cm³/mol. The molecule has 36 heavy (non-hydrogen) atoms. The van der Waals surface area contributed by atoms with E-state index < -0.39 is 5.92 Å². The lowest BCUT2D eigenvalue weighted by atomic mass is 9.71. The lowest BCUT2D eigenvalue weighted by molar-refractivity contribution is -0.144. The number of halogens is 2. The largest absolute Gasteiger partial charge is 0.497 e. The second kappa shape index (κ2) is 10.3. The van der Waals surface area contributed by atoms with Crippen molar-refractivity contribution >= 4 is 35.0 Å². The monoisotopic (exact) mass is 525 g/mol. The van der Waals surface area contributed by atoms with E-state index in [0.717, 1.165) is 42.7 Å². The number of hydrogen-bond acceptors (Lipinski definition) is 5. The summed E-state index contributed by atoms with van der Waals surface area (Å²) in [7, 11) is 1.63. The number of methoxy groups -OCH3 is 1. The van der Waals surface area contributed by atoms with E-state index in [0.29, 0.717) is 45.3 Å². The van der Waals surface area contributed by atoms with Gasteiger partial charge in [0.05, 0.1) is 12.7 Å². The van der Waals surface area contributed by atoms with Crippen molar-refractivity contribution in [3.05, 3.63) is 86.2 Å². The molecule has 0 amide bonds. The summed E-state index contributed by atoms with van der Waals surface area (Å²) in [6, 6.07) is 13.0. The standard InChI is InChI=1S/C29H29Cl2NO4/c1-16-26(29(34)36-21-5-3-4-6-21)27(22-12-9-19(30)15-23(22)31)28-24(32-16)13-18(14-25(28)33)17-7-10-20(35-2)11-8-17/h7-12,15,18,21,27,32H,3-6,13-14H2,1-2H3/t18-,27-/m1/s1. The Morgan fingerprint density at radius 3 is 2.42 bits per heavy atom. The van der Waals surface area contributed by atoms with Gasteiger partial charge in [0.15, 0.2) is 5.78 Å². The van der Waals surface area contributed by atoms with E-state index in [2.05, 4.69) is 5.32 Å². The maximum Gasteiger partial charge on any atom is 0.337 e. The highest BCUT2D eigenvalue weighted by Crippen LogP contribution is 2.47. The number of Topliss-reactive ketones (excluding diaryl/α,β-unsaturated/α-hetero) is 1. The van der Waals surface area contributed by atoms with Gasteiger partial charge in [-0.15, -0.1) is 0 Å². The van der Waals surface area contributed by atoms with Gasteiger partial charge in [0.2, 0.25) is 0 Å². The molecule has 1 saturated carbocycles. The molecule has 5 rings (SSSR count). The molecule has 2 aromatic carbocycles. The van der Waals surface area contributed by atoms with Crippen LogP contribution in [-0.4, -0.2) is 25.0 Å². The van der Waals surface area contributed by atoms with Crippen molar-refractivity contribution in [3.63, 3.8) is 0 Å². The van der Waals surface area contributed by atoms with Crippen LogP contribution in [0.2, 0.25) is 10.0 Å². The third-order valence-corrected chi connectivity index (χ3v) is 8.05. The van der Waals surface area contributed by atoms with E-state index >= 15 is 0 Å². The van der Waals surface area contributed by atoms with Gasteiger partial charge in [-0.25, -0.2) is 4.79 Å². The fourth-order valence-electron chi connectivity index (χ4n) is 5.69. The first-order valence-corrected chi connectivity index (χ1v) is 13.1. The van der Waals surface area contributed by atoms with Gasteiger partial charge in [0.1, 0.15) is 11.9 Å². The first kappa shape index (κ1) is 24.9. The van der Waals surface area contributed by atoms with Crippen LogP contribution < -0.4 is 10.1 Å². The molecule has 188 valence electrons. The minimum atomic E-state index is -0.607. The number of hydrogen-bond donors (Lipinski definition) is 1. The molecule has 1 heterocycles. The molecule has 5 nitrogen and oxygen atoms in total. The number of carbonyl (C=O) groups excluding carboxylic acids is 2. The maximum atomic E-state index is 13.8. The number of ketones is 1. The Kier molecular flexibility index (Phi) is 7.14. The molecule has 7 heteroatoms. The third-order valence-electron chi connectivity index (χ3n) is 7.48. The first-order chi connectivity index (χ1) is 17.4. The average Bonchev–Trinajstić information content (AvgIpc) is 3.36. The predicted octanol–water partition coefficient (Wildman–Crippen LogP) is 6.85. The smallest absolute Gasteiger partial charge is 0.337 e. The Labute approximate surface area is 221 Å². The molecule has 0 saturated heterocycles. The van der Waals surface area contributed by atoms with Crippen LogP contribution in [0.3, 0.4) is 0 Å². The van der Waals surface area contributed by atoms with Crippen molar-refractivity contribution in [1.29, 1.82) is 0 Å². The van der Waals surface area contributed by atoms with Crippen molar-refractivity contribution in [1.82, 2.24) is 5.32 Å². The van der Waals surface area contributed by atoms with Crippen LogP contribution in [0.4, 0.5) is 0 Å². The molecular weight excluding hydrogens is 497 g/mol. The summed E-state index contributed by atoms with van der Waals surface area (Å²) in [6.07, 6.45) is 4.76. The van der Waals surface area contributed by atoms with Crippen LogP contribution >= 0.6 is 23.2 Å². The van der Waals surface area contributed by atoms with Gasteiger partial charge in [-0.2, -0.15) is 0 Å². The summed E-state index contributed by atoms with van der Waals surface area (Å²) in [5.41, 5.74) is 4.32. The second-order valence-electron chi connectivity index (χ2n) is 9.77. The zero-order chi connectivity index (χ0) is 25.4. The Hall–Kier alpha value is -2.76. The summed E-state index contributed by atoms with van der Waals surface area (Å²) in [5, 5.41) is 4.32. The van der Waals surface area contributed by atoms with Crippen LogP contribution in [0.1, 0.15) is 68.4 Å². The summed E-state index contributed by atoms with van der Waals surface area (Å²) >= 11 is 12.8. The number of ether oxygens (including phenoxy) is 2. The molecule has 1 N–H and O–H groups in total. The molecule has 1 aliphatic heterocycles. The van der Waals surface area contributed by atoms with Crippen molar-refractivity contribution < 1.29 is 19.1 Å². The normalized spacial score (nSPS) is 22.4. The van der Waals surface area contributed by atoms with Crippen LogP contribution in [0.25, 0.3) is 0 Å². The van der Waals surface area contributed by atoms with E-state index in [1.54, 1.807) is 19.2 Å². The van der Waals surface area contributed by atoms with Crippen LogP contribution in [0.15, 0.2) is 65.0 Å². The molecule has 2 aromatic rings. The minimum Gasteiger partial charge on any atom is -0.497 e. The van der Waals surface area contributed by atoms with Crippen molar-refractivity contribution in [2.45, 2.75) is 63.4 Å². The van der Waals surface area contributed by atoms with Gasteiger partial charge in [-0.3, -0.25) is 4.79 Å². The lowest BCUT2D eigenvalue weighted by Crippen LogP contribution is -2.36. The third kappa shape index (κ3) is 4.79. The number of benzene rings is 2. The van der Waals surface area contributed by atoms with Gasteiger partial charge >= 0.3 is 5.97 Å². The number of esters is 1. The number of dihydropyridines is 1. The highest BCUT2D eigenvalue weighted by molar-refractivity contribution is 6.35. The van der Waals surface area contributed by atoms with E-state index in [1.165, 1.54) is 0 Å². The fraction of sp³-hybridized carbons (Fsp3) is 0.379. The van der Waals surface area contributed by atoms with Gasteiger partial charge < -0.3 is 14.8 Å². The summed E-state index contributed by atoms with van der Waals surface area (Å²) < 4.78 is 11.2. The number of nitrogens with one attached hydrogen (secondary N) is 1. The van der Waals surface area contributed by atoms with Crippen molar-refractivity contribution in [3.8, 4) is 5.75 Å². The molecule has 0 radical (unpaired) electrons. The van der Waals surface area contributed by atoms with Gasteiger partial charge in [-0.05, 0) is 80.3 Å². The Bertz CT molecular complexity index is 1260. The minimum absolute atomic E-state index is 0.000693. The van der Waals surface area contributed by atoms with E-state index in [-0.39, 0.29) is 23.8 Å². The molecule has 0 unspecified atom stereocenters. The second-order valence-corrected chi connectivity index (χ2v) is 10.6. The number of rotatable bonds is 5. The molecule has 1 fully saturated rings. The molecule has 3 aliphatic rings. The van der Waals surface area contributed by atoms with E-state index in [9.17, 15) is 9.59 Å². The summed E-state index contributed by atoms with van der Waals surface area (Å²) in [6.45, 7) is 1.87. The van der Waals surface area contributed by atoms with Gasteiger partial charge in [-0.1, -0.05) is 41.4 Å². The molecule has 0 spiro atoms. The fourth-order valence-corrected chi connectivity index (χ4v) is 6.21. The van der Waals surface area contributed by atoms with Gasteiger partial charge in [0.25, 0.3) is 0 Å². The van der Waals surface area contributed by atoms with Crippen LogP contribution in [-0.2, 0) is 14.3 Å². The van der Waals surface area contributed by atoms with E-state index in [1.807, 2.05) is 37.3 Å². The average molecular weight is 526 g/mol.